The molecule has 178 valence electrons. The number of piperidine rings is 1. The SMILES string of the molecule is COc1ccc(CN2CC[C@@H]3CC(=O)N(CCc4cccc(OC)c4OC)CC[C@H]3C2)cc1. The summed E-state index contributed by atoms with van der Waals surface area (Å²) in [5, 5.41) is 0. The largest absolute Gasteiger partial charge is 0.497 e. The Morgan fingerprint density at radius 1 is 0.909 bits per heavy atom. The molecule has 2 aromatic carbocycles. The second kappa shape index (κ2) is 10.9. The van der Waals surface area contributed by atoms with Gasteiger partial charge in [0.15, 0.2) is 11.5 Å². The molecule has 0 aliphatic carbocycles. The summed E-state index contributed by atoms with van der Waals surface area (Å²) in [7, 11) is 5.02. The molecule has 0 bridgehead atoms. The highest BCUT2D eigenvalue weighted by atomic mass is 16.5. The van der Waals surface area contributed by atoms with Crippen molar-refractivity contribution in [2.75, 3.05) is 47.5 Å². The predicted molar refractivity (Wildman–Crippen MR) is 129 cm³/mol. The fourth-order valence-electron chi connectivity index (χ4n) is 5.33. The van der Waals surface area contributed by atoms with Crippen molar-refractivity contribution in [2.45, 2.75) is 32.2 Å². The highest BCUT2D eigenvalue weighted by molar-refractivity contribution is 5.76. The monoisotopic (exact) mass is 452 g/mol. The zero-order valence-corrected chi connectivity index (χ0v) is 20.1. The highest BCUT2D eigenvalue weighted by Crippen LogP contribution is 2.34. The zero-order valence-electron chi connectivity index (χ0n) is 20.1. The van der Waals surface area contributed by atoms with Crippen molar-refractivity contribution in [3.8, 4) is 17.2 Å². The standard InChI is InChI=1S/C27H36N2O4/c1-31-24-9-7-20(8-10-24)18-28-14-11-22-17-26(30)29(16-13-23(22)19-28)15-12-21-5-4-6-25(32-2)27(21)33-3/h4-10,22-23H,11-19H2,1-3H3/t22-,23+/m1/s1. The third-order valence-electron chi connectivity index (χ3n) is 7.24. The Balaban J connectivity index is 1.34. The van der Waals surface area contributed by atoms with E-state index in [4.69, 9.17) is 14.2 Å². The first-order chi connectivity index (χ1) is 16.1. The summed E-state index contributed by atoms with van der Waals surface area (Å²) in [5.41, 5.74) is 2.39. The number of hydrogen-bond acceptors (Lipinski definition) is 5. The van der Waals surface area contributed by atoms with Gasteiger partial charge in [0.2, 0.25) is 5.91 Å². The number of benzene rings is 2. The fourth-order valence-corrected chi connectivity index (χ4v) is 5.33. The van der Waals surface area contributed by atoms with Crippen LogP contribution >= 0.6 is 0 Å². The van der Waals surface area contributed by atoms with Gasteiger partial charge in [-0.15, -0.1) is 0 Å². The van der Waals surface area contributed by atoms with Crippen LogP contribution in [0.3, 0.4) is 0 Å². The Bertz CT molecular complexity index is 930. The van der Waals surface area contributed by atoms with Gasteiger partial charge in [0.05, 0.1) is 21.3 Å². The minimum absolute atomic E-state index is 0.299. The van der Waals surface area contributed by atoms with E-state index in [0.29, 0.717) is 24.2 Å². The van der Waals surface area contributed by atoms with Gasteiger partial charge < -0.3 is 19.1 Å². The summed E-state index contributed by atoms with van der Waals surface area (Å²) < 4.78 is 16.3. The molecular formula is C27H36N2O4. The third kappa shape index (κ3) is 5.61. The number of fused-ring (bicyclic) bond motifs is 1. The first-order valence-corrected chi connectivity index (χ1v) is 11.9. The lowest BCUT2D eigenvalue weighted by Crippen LogP contribution is -2.40. The van der Waals surface area contributed by atoms with E-state index < -0.39 is 0 Å². The summed E-state index contributed by atoms with van der Waals surface area (Å²) in [6.07, 6.45) is 3.62. The van der Waals surface area contributed by atoms with Crippen molar-refractivity contribution in [1.29, 1.82) is 0 Å². The molecule has 2 heterocycles. The van der Waals surface area contributed by atoms with Crippen LogP contribution < -0.4 is 14.2 Å². The lowest BCUT2D eigenvalue weighted by Gasteiger charge is -2.37. The number of amides is 1. The van der Waals surface area contributed by atoms with Gasteiger partial charge in [0.25, 0.3) is 0 Å². The topological polar surface area (TPSA) is 51.2 Å². The van der Waals surface area contributed by atoms with Crippen molar-refractivity contribution < 1.29 is 19.0 Å². The van der Waals surface area contributed by atoms with Crippen LogP contribution in [-0.2, 0) is 17.8 Å². The second-order valence-corrected chi connectivity index (χ2v) is 9.17. The molecule has 4 rings (SSSR count). The van der Waals surface area contributed by atoms with Gasteiger partial charge in [0.1, 0.15) is 5.75 Å². The minimum Gasteiger partial charge on any atom is -0.497 e. The number of carbonyl (C=O) groups is 1. The number of likely N-dealkylation sites (tertiary alicyclic amines) is 2. The summed E-state index contributed by atoms with van der Waals surface area (Å²) in [6, 6.07) is 14.3. The van der Waals surface area contributed by atoms with Gasteiger partial charge in [-0.1, -0.05) is 24.3 Å². The van der Waals surface area contributed by atoms with Crippen LogP contribution in [0.5, 0.6) is 17.2 Å². The number of para-hydroxylation sites is 1. The first kappa shape index (κ1) is 23.4. The number of ether oxygens (including phenoxy) is 3. The molecule has 0 radical (unpaired) electrons. The molecule has 1 amide bonds. The smallest absolute Gasteiger partial charge is 0.222 e. The zero-order chi connectivity index (χ0) is 23.2. The quantitative estimate of drug-likeness (QED) is 0.606. The Kier molecular flexibility index (Phi) is 7.76. The lowest BCUT2D eigenvalue weighted by molar-refractivity contribution is -0.131. The van der Waals surface area contributed by atoms with Crippen molar-refractivity contribution in [3.63, 3.8) is 0 Å². The molecule has 0 saturated carbocycles. The van der Waals surface area contributed by atoms with Crippen LogP contribution in [0.4, 0.5) is 0 Å². The molecule has 0 spiro atoms. The van der Waals surface area contributed by atoms with Crippen LogP contribution in [0.25, 0.3) is 0 Å². The minimum atomic E-state index is 0.299. The number of methoxy groups -OCH3 is 3. The maximum absolute atomic E-state index is 13.0. The van der Waals surface area contributed by atoms with E-state index in [0.717, 1.165) is 74.8 Å². The van der Waals surface area contributed by atoms with E-state index in [1.807, 2.05) is 24.3 Å². The van der Waals surface area contributed by atoms with Crippen LogP contribution in [0.15, 0.2) is 42.5 Å². The third-order valence-corrected chi connectivity index (χ3v) is 7.24. The molecule has 0 N–H and O–H groups in total. The summed E-state index contributed by atoms with van der Waals surface area (Å²) in [4.78, 5) is 17.7. The molecule has 6 nitrogen and oxygen atoms in total. The Morgan fingerprint density at radius 2 is 1.70 bits per heavy atom. The number of hydrogen-bond donors (Lipinski definition) is 0. The molecule has 33 heavy (non-hydrogen) atoms. The van der Waals surface area contributed by atoms with E-state index in [1.54, 1.807) is 21.3 Å². The normalized spacial score (nSPS) is 21.3. The van der Waals surface area contributed by atoms with E-state index in [2.05, 4.69) is 28.0 Å². The number of nitrogens with zero attached hydrogens (tertiary/aromatic N) is 2. The van der Waals surface area contributed by atoms with Crippen molar-refractivity contribution in [3.05, 3.63) is 53.6 Å². The van der Waals surface area contributed by atoms with Crippen molar-refractivity contribution in [2.24, 2.45) is 11.8 Å². The van der Waals surface area contributed by atoms with Gasteiger partial charge in [-0.05, 0) is 67.0 Å². The van der Waals surface area contributed by atoms with Gasteiger partial charge in [-0.25, -0.2) is 0 Å². The van der Waals surface area contributed by atoms with Crippen molar-refractivity contribution in [1.82, 2.24) is 9.80 Å². The fraction of sp³-hybridized carbons (Fsp3) is 0.519. The molecule has 2 aromatic rings. The van der Waals surface area contributed by atoms with E-state index >= 15 is 0 Å². The second-order valence-electron chi connectivity index (χ2n) is 9.17. The average molecular weight is 453 g/mol. The molecule has 2 fully saturated rings. The highest BCUT2D eigenvalue weighted by Gasteiger charge is 2.34. The summed E-state index contributed by atoms with van der Waals surface area (Å²) in [5.74, 6) is 3.78. The molecule has 0 aromatic heterocycles. The lowest BCUT2D eigenvalue weighted by atomic mass is 9.82. The average Bonchev–Trinajstić information content (AvgIpc) is 3.00. The summed E-state index contributed by atoms with van der Waals surface area (Å²) in [6.45, 7) is 4.64. The molecule has 2 saturated heterocycles. The van der Waals surface area contributed by atoms with Crippen LogP contribution in [0.1, 0.15) is 30.4 Å². The molecule has 2 aliphatic heterocycles. The predicted octanol–water partition coefficient (Wildman–Crippen LogP) is 4.02. The van der Waals surface area contributed by atoms with Gasteiger partial charge in [-0.2, -0.15) is 0 Å². The van der Waals surface area contributed by atoms with Crippen LogP contribution in [0, 0.1) is 11.8 Å². The van der Waals surface area contributed by atoms with Crippen LogP contribution in [0.2, 0.25) is 0 Å². The Hall–Kier alpha value is -2.73. The van der Waals surface area contributed by atoms with E-state index in [1.165, 1.54) is 5.56 Å². The maximum atomic E-state index is 13.0. The van der Waals surface area contributed by atoms with E-state index in [9.17, 15) is 4.79 Å². The molecule has 2 aliphatic rings. The molecule has 2 atom stereocenters. The van der Waals surface area contributed by atoms with Gasteiger partial charge in [0, 0.05) is 32.6 Å². The Labute approximate surface area is 197 Å². The van der Waals surface area contributed by atoms with Gasteiger partial charge >= 0.3 is 0 Å². The first-order valence-electron chi connectivity index (χ1n) is 11.9. The molecule has 0 unspecified atom stereocenters. The molecular weight excluding hydrogens is 416 g/mol. The van der Waals surface area contributed by atoms with Gasteiger partial charge in [-0.3, -0.25) is 9.69 Å². The maximum Gasteiger partial charge on any atom is 0.222 e. The van der Waals surface area contributed by atoms with Crippen molar-refractivity contribution >= 4 is 5.91 Å². The van der Waals surface area contributed by atoms with E-state index in [-0.39, 0.29) is 0 Å². The molecule has 6 heteroatoms. The van der Waals surface area contributed by atoms with Crippen LogP contribution in [-0.4, -0.2) is 63.2 Å². The Morgan fingerprint density at radius 3 is 2.42 bits per heavy atom. The number of rotatable bonds is 8. The number of carbonyl (C=O) groups excluding carboxylic acids is 1. The summed E-state index contributed by atoms with van der Waals surface area (Å²) >= 11 is 0.